The van der Waals surface area contributed by atoms with Crippen molar-refractivity contribution in [1.29, 1.82) is 0 Å². The minimum atomic E-state index is -0.453. The summed E-state index contributed by atoms with van der Waals surface area (Å²) < 4.78 is 13.0. The van der Waals surface area contributed by atoms with Gasteiger partial charge in [-0.05, 0) is 98.4 Å². The number of hydrogen-bond donors (Lipinski definition) is 2. The first-order valence-electron chi connectivity index (χ1n) is 14.0. The summed E-state index contributed by atoms with van der Waals surface area (Å²) in [5, 5.41) is 8.73. The predicted octanol–water partition coefficient (Wildman–Crippen LogP) is 4.52. The van der Waals surface area contributed by atoms with Crippen molar-refractivity contribution in [2.24, 2.45) is 11.7 Å². The van der Waals surface area contributed by atoms with Gasteiger partial charge in [-0.15, -0.1) is 0 Å². The van der Waals surface area contributed by atoms with Gasteiger partial charge >= 0.3 is 0 Å². The predicted molar refractivity (Wildman–Crippen MR) is 158 cm³/mol. The Balaban J connectivity index is 1.11. The number of aromatic nitrogens is 2. The molecule has 0 bridgehead atoms. The van der Waals surface area contributed by atoms with Crippen LogP contribution in [0, 0.1) is 12.8 Å². The molecule has 1 saturated heterocycles. The van der Waals surface area contributed by atoms with E-state index in [1.54, 1.807) is 31.4 Å². The molecule has 0 aliphatic carbocycles. The number of carbonyl (C=O) groups excluding carboxylic acids is 2. The van der Waals surface area contributed by atoms with Crippen molar-refractivity contribution in [3.05, 3.63) is 89.1 Å². The van der Waals surface area contributed by atoms with Gasteiger partial charge in [0.1, 0.15) is 11.5 Å². The number of ether oxygens (including phenoxy) is 2. The number of amides is 2. The molecule has 41 heavy (non-hydrogen) atoms. The number of likely N-dealkylation sites (tertiary alicyclic amines) is 1. The van der Waals surface area contributed by atoms with Crippen molar-refractivity contribution < 1.29 is 19.1 Å². The largest absolute Gasteiger partial charge is 0.457 e. The second-order valence-electron chi connectivity index (χ2n) is 10.6. The third-order valence-electron chi connectivity index (χ3n) is 7.70. The fraction of sp³-hybridized carbons (Fsp3) is 0.344. The minimum Gasteiger partial charge on any atom is -0.457 e. The molecule has 9 nitrogen and oxygen atoms in total. The molecule has 0 atom stereocenters. The molecule has 1 aliphatic heterocycles. The lowest BCUT2D eigenvalue weighted by Gasteiger charge is -2.32. The van der Waals surface area contributed by atoms with Crippen LogP contribution >= 0.6 is 0 Å². The monoisotopic (exact) mass is 555 g/mol. The van der Waals surface area contributed by atoms with Crippen LogP contribution in [-0.4, -0.2) is 59.8 Å². The molecule has 2 amide bonds. The van der Waals surface area contributed by atoms with Gasteiger partial charge in [0.2, 0.25) is 5.91 Å². The van der Waals surface area contributed by atoms with Crippen LogP contribution in [0.25, 0.3) is 10.9 Å². The number of primary amides is 1. The number of nitrogens with zero attached hydrogens (tertiary/aromatic N) is 3. The summed E-state index contributed by atoms with van der Waals surface area (Å²) in [6.07, 6.45) is 4.31. The molecular weight excluding hydrogens is 518 g/mol. The van der Waals surface area contributed by atoms with Crippen molar-refractivity contribution in [1.82, 2.24) is 20.0 Å². The molecule has 2 heterocycles. The number of fused-ring (bicyclic) bond motifs is 1. The third kappa shape index (κ3) is 7.11. The molecule has 0 unspecified atom stereocenters. The van der Waals surface area contributed by atoms with Crippen molar-refractivity contribution in [3.63, 3.8) is 0 Å². The Hall–Kier alpha value is -4.21. The molecule has 0 saturated carbocycles. The van der Waals surface area contributed by atoms with Gasteiger partial charge in [0.25, 0.3) is 5.91 Å². The van der Waals surface area contributed by atoms with E-state index in [1.165, 1.54) is 5.56 Å². The Morgan fingerprint density at radius 2 is 1.68 bits per heavy atom. The Morgan fingerprint density at radius 1 is 1.00 bits per heavy atom. The van der Waals surface area contributed by atoms with Crippen LogP contribution in [0.1, 0.15) is 44.7 Å². The normalized spacial score (nSPS) is 14.3. The zero-order valence-electron chi connectivity index (χ0n) is 23.6. The lowest BCUT2D eigenvalue weighted by molar-refractivity contribution is 0.0935. The molecule has 1 aromatic heterocycles. The number of aryl methyl sites for hydroxylation is 1. The Labute approximate surface area is 240 Å². The quantitative estimate of drug-likeness (QED) is 0.263. The first-order valence-corrected chi connectivity index (χ1v) is 14.0. The van der Waals surface area contributed by atoms with E-state index in [0.29, 0.717) is 35.9 Å². The SMILES string of the molecule is COCCNC(=O)c1ccc2nn(CC3CCN(Cc4ccc(Oc5ccc(C(N)=O)cc5)cc4)CC3)cc2c1C. The van der Waals surface area contributed by atoms with Crippen molar-refractivity contribution in [2.75, 3.05) is 33.4 Å². The molecule has 5 rings (SSSR count). The van der Waals surface area contributed by atoms with E-state index in [2.05, 4.69) is 28.5 Å². The first kappa shape index (κ1) is 28.3. The smallest absolute Gasteiger partial charge is 0.251 e. The molecular formula is C32H37N5O4. The van der Waals surface area contributed by atoms with Crippen molar-refractivity contribution >= 4 is 22.7 Å². The summed E-state index contributed by atoms with van der Waals surface area (Å²) in [5.41, 5.74) is 9.56. The number of rotatable bonds is 11. The maximum Gasteiger partial charge on any atom is 0.251 e. The van der Waals surface area contributed by atoms with Crippen LogP contribution in [-0.2, 0) is 17.8 Å². The maximum atomic E-state index is 12.6. The second-order valence-corrected chi connectivity index (χ2v) is 10.6. The standard InChI is InChI=1S/C32H37N5O4/c1-22-28(32(39)34-15-18-40-2)11-12-30-29(22)21-37(35-30)20-24-13-16-36(17-14-24)19-23-3-7-26(8-4-23)41-27-9-5-25(6-10-27)31(33)38/h3-12,21,24H,13-20H2,1-2H3,(H2,33,38)(H,34,39). The lowest BCUT2D eigenvalue weighted by atomic mass is 9.96. The molecule has 9 heteroatoms. The van der Waals surface area contributed by atoms with Crippen molar-refractivity contribution in [3.8, 4) is 11.5 Å². The van der Waals surface area contributed by atoms with Gasteiger partial charge in [-0.3, -0.25) is 19.2 Å². The van der Waals surface area contributed by atoms with E-state index in [4.69, 9.17) is 20.3 Å². The number of piperidine rings is 1. The maximum absolute atomic E-state index is 12.6. The topological polar surface area (TPSA) is 112 Å². The molecule has 3 N–H and O–H groups in total. The van der Waals surface area contributed by atoms with Gasteiger partial charge in [-0.25, -0.2) is 0 Å². The van der Waals surface area contributed by atoms with E-state index < -0.39 is 5.91 Å². The van der Waals surface area contributed by atoms with E-state index in [0.717, 1.165) is 61.2 Å². The molecule has 4 aromatic rings. The number of hydrogen-bond acceptors (Lipinski definition) is 6. The van der Waals surface area contributed by atoms with Crippen LogP contribution < -0.4 is 15.8 Å². The summed E-state index contributed by atoms with van der Waals surface area (Å²) in [4.78, 5) is 26.3. The summed E-state index contributed by atoms with van der Waals surface area (Å²) in [5.74, 6) is 1.44. The van der Waals surface area contributed by atoms with Crippen LogP contribution in [0.2, 0.25) is 0 Å². The number of benzene rings is 3. The van der Waals surface area contributed by atoms with Gasteiger partial charge < -0.3 is 20.5 Å². The zero-order chi connectivity index (χ0) is 28.8. The van der Waals surface area contributed by atoms with Gasteiger partial charge in [0.05, 0.1) is 12.1 Å². The van der Waals surface area contributed by atoms with Gasteiger partial charge in [-0.1, -0.05) is 12.1 Å². The van der Waals surface area contributed by atoms with E-state index in [1.807, 2.05) is 35.9 Å². The number of methoxy groups -OCH3 is 1. The number of nitrogens with one attached hydrogen (secondary N) is 1. The molecule has 3 aromatic carbocycles. The van der Waals surface area contributed by atoms with Crippen molar-refractivity contribution in [2.45, 2.75) is 32.9 Å². The summed E-state index contributed by atoms with van der Waals surface area (Å²) in [6.45, 7) is 6.83. The average molecular weight is 556 g/mol. The van der Waals surface area contributed by atoms with Gasteiger partial charge in [0, 0.05) is 49.5 Å². The highest BCUT2D eigenvalue weighted by Gasteiger charge is 2.21. The Morgan fingerprint density at radius 3 is 2.34 bits per heavy atom. The summed E-state index contributed by atoms with van der Waals surface area (Å²) >= 11 is 0. The van der Waals surface area contributed by atoms with E-state index >= 15 is 0 Å². The van der Waals surface area contributed by atoms with Crippen LogP contribution in [0.4, 0.5) is 0 Å². The van der Waals surface area contributed by atoms with Crippen LogP contribution in [0.3, 0.4) is 0 Å². The van der Waals surface area contributed by atoms with Crippen LogP contribution in [0.5, 0.6) is 11.5 Å². The molecule has 1 fully saturated rings. The Kier molecular flexibility index (Phi) is 8.96. The first-order chi connectivity index (χ1) is 19.9. The highest BCUT2D eigenvalue weighted by atomic mass is 16.5. The fourth-order valence-corrected chi connectivity index (χ4v) is 5.32. The fourth-order valence-electron chi connectivity index (χ4n) is 5.32. The van der Waals surface area contributed by atoms with E-state index in [9.17, 15) is 9.59 Å². The highest BCUT2D eigenvalue weighted by Crippen LogP contribution is 2.26. The zero-order valence-corrected chi connectivity index (χ0v) is 23.6. The molecule has 0 spiro atoms. The third-order valence-corrected chi connectivity index (χ3v) is 7.70. The second kappa shape index (κ2) is 13.0. The molecule has 0 radical (unpaired) electrons. The summed E-state index contributed by atoms with van der Waals surface area (Å²) in [7, 11) is 1.62. The number of carbonyl (C=O) groups is 2. The highest BCUT2D eigenvalue weighted by molar-refractivity contribution is 6.00. The van der Waals surface area contributed by atoms with E-state index in [-0.39, 0.29) is 5.91 Å². The van der Waals surface area contributed by atoms with Gasteiger partial charge in [0.15, 0.2) is 0 Å². The summed E-state index contributed by atoms with van der Waals surface area (Å²) in [6, 6.07) is 18.7. The van der Waals surface area contributed by atoms with Crippen LogP contribution in [0.15, 0.2) is 66.9 Å². The molecule has 1 aliphatic rings. The lowest BCUT2D eigenvalue weighted by Crippen LogP contribution is -2.34. The molecule has 214 valence electrons. The Bertz CT molecular complexity index is 1490. The minimum absolute atomic E-state index is 0.0832. The van der Waals surface area contributed by atoms with Gasteiger partial charge in [-0.2, -0.15) is 5.10 Å². The number of nitrogens with two attached hydrogens (primary N) is 1. The average Bonchev–Trinajstić information content (AvgIpc) is 3.39.